The number of aromatic nitrogens is 12. The zero-order chi connectivity index (χ0) is 67.5. The van der Waals surface area contributed by atoms with Crippen LogP contribution in [0, 0.1) is 0 Å². The Balaban J connectivity index is 0.000000284. The number of hydrogen-bond acceptors (Lipinski definition) is 23. The zero-order valence-electron chi connectivity index (χ0n) is 54.9. The number of nitrogen functional groups attached to an aromatic ring is 3. The number of anilines is 6. The van der Waals surface area contributed by atoms with Gasteiger partial charge in [-0.15, -0.1) is 26.0 Å². The number of carboxylic acid groups (broad SMARTS) is 1. The van der Waals surface area contributed by atoms with E-state index in [9.17, 15) is 28.6 Å². The van der Waals surface area contributed by atoms with Crippen LogP contribution in [-0.2, 0) is 103 Å². The second-order valence-electron chi connectivity index (χ2n) is 20.4. The van der Waals surface area contributed by atoms with Crippen molar-refractivity contribution < 1.29 is 87.6 Å². The van der Waals surface area contributed by atoms with E-state index in [4.69, 9.17) is 36.1 Å². The molecule has 0 fully saturated rings. The standard InChI is InChI=1S/C21H25N6O4P.C17H15BrN6O.C17H16N6O2.C4H10O3P.C2H4O2.BrH.Na.HP.H/c1-3-30-32(29,31-4-2)14-16-8-5-7-15(11-16)13-26-18(28)12-17-19(22)24-21(25-20(17)26)27-10-6-9-23-27;18-9-11-3-1-4-12(7-11)10-23-14(25)8-13-15(19)21-17(22-16(13)23)24-6-2-5-20-24;18-15-13-8-14(25)22(9-11-3-1-4-12(7-11)10-24)16(13)21-17(20-15)23-6-2-5-19-23;1-3-6-8(5)7-4-2;1-2(3)4;;;;/h5-11H,3-4,12-14H2,1-2H3,(H2,22,24,25);1-7H,8-10H2,(H2,19,21,22);1-7,24H,8-10H2,(H2,18,20,21);3-4H2,1-2H3;1H3,(H,3,4);1H;;1H;/q;;;+1;;;+1;-2;-1. The number of aliphatic hydroxyl groups excluding tert-OH is 1. The number of aliphatic carboxylic acids is 1. The SMILES string of the molecule is Br.CC(=O)O.CCOP(=O)(Cc1cccc(CN2C(=O)Cc3c(N)nc(-n4cccn4)nc32)c1)OCC.CCO[P+](=O)OCC.Nc1nc(-n2cccn2)nc2c1CC(=O)N2Cc1cccc(CBr)c1.Nc1nc(-n2cccn2)nc2c1CC(=O)N2Cc1cccc(CO)c1.[H-].[Na+].[PH-2]. The van der Waals surface area contributed by atoms with Crippen molar-refractivity contribution in [3.8, 4) is 17.8 Å². The van der Waals surface area contributed by atoms with Gasteiger partial charge in [0.1, 0.15) is 48.1 Å². The summed E-state index contributed by atoms with van der Waals surface area (Å²) >= 11 is 3.46. The van der Waals surface area contributed by atoms with Crippen LogP contribution in [0.5, 0.6) is 0 Å². The van der Waals surface area contributed by atoms with Gasteiger partial charge in [-0.1, -0.05) is 88.7 Å². The van der Waals surface area contributed by atoms with Gasteiger partial charge < -0.3 is 47.8 Å². The summed E-state index contributed by atoms with van der Waals surface area (Å²) < 4.78 is 47.7. The summed E-state index contributed by atoms with van der Waals surface area (Å²) in [5, 5.41) is 29.8. The van der Waals surface area contributed by atoms with Crippen molar-refractivity contribution in [3.05, 3.63) is 178 Å². The number of alkyl halides is 1. The topological polar surface area (TPSA) is 398 Å². The number of halogens is 2. The number of amides is 3. The van der Waals surface area contributed by atoms with E-state index in [0.717, 1.165) is 45.6 Å². The van der Waals surface area contributed by atoms with Crippen LogP contribution in [0.15, 0.2) is 128 Å². The fourth-order valence-electron chi connectivity index (χ4n) is 9.67. The number of nitrogens with zero attached hydrogens (tertiary/aromatic N) is 15. The minimum atomic E-state index is -3.23. The van der Waals surface area contributed by atoms with Gasteiger partial charge in [-0.2, -0.15) is 45.2 Å². The van der Waals surface area contributed by atoms with Crippen molar-refractivity contribution in [1.29, 1.82) is 0 Å². The predicted molar refractivity (Wildman–Crippen MR) is 372 cm³/mol. The Labute approximate surface area is 605 Å². The van der Waals surface area contributed by atoms with Gasteiger partial charge in [0.05, 0.1) is 64.9 Å². The van der Waals surface area contributed by atoms with Gasteiger partial charge in [-0.05, 0) is 79.3 Å². The van der Waals surface area contributed by atoms with Crippen LogP contribution in [0.2, 0.25) is 0 Å². The number of hydrogen-bond donors (Lipinski definition) is 5. The maximum Gasteiger partial charge on any atom is 1.00 e. The number of carbonyl (C=O) groups is 4. The molecule has 0 spiro atoms. The molecule has 8 N–H and O–H groups in total. The Morgan fingerprint density at radius 1 is 0.567 bits per heavy atom. The van der Waals surface area contributed by atoms with Crippen LogP contribution < -0.4 is 61.5 Å². The molecule has 9 aromatic rings. The van der Waals surface area contributed by atoms with E-state index in [1.165, 1.54) is 14.0 Å². The Morgan fingerprint density at radius 3 is 1.20 bits per heavy atom. The van der Waals surface area contributed by atoms with Crippen LogP contribution >= 0.6 is 58.7 Å². The van der Waals surface area contributed by atoms with E-state index in [-0.39, 0.29) is 119 Å². The maximum absolute atomic E-state index is 12.9. The Kier molecular flexibility index (Phi) is 31.7. The third-order valence-electron chi connectivity index (χ3n) is 13.6. The molecule has 0 atom stereocenters. The van der Waals surface area contributed by atoms with Gasteiger partial charge in [0.25, 0.3) is 23.8 Å². The van der Waals surface area contributed by atoms with Crippen LogP contribution in [0.4, 0.5) is 34.9 Å². The van der Waals surface area contributed by atoms with E-state index >= 15 is 0 Å². The minimum Gasteiger partial charge on any atom is -1.51 e. The van der Waals surface area contributed by atoms with Crippen LogP contribution in [-0.4, -0.2) is 120 Å². The third-order valence-corrected chi connectivity index (χ3v) is 17.3. The number of fused-ring (bicyclic) bond motifs is 3. The molecule has 3 aliphatic rings. The van der Waals surface area contributed by atoms with E-state index in [2.05, 4.69) is 76.2 Å². The van der Waals surface area contributed by atoms with E-state index in [1.807, 2.05) is 66.7 Å². The first-order valence-electron chi connectivity index (χ1n) is 29.4. The van der Waals surface area contributed by atoms with E-state index in [1.54, 1.807) is 97.8 Å². The molecule has 0 aliphatic carbocycles. The number of carboxylic acids is 1. The van der Waals surface area contributed by atoms with Gasteiger partial charge >= 0.3 is 45.4 Å². The molecular weight excluding hydrogens is 1450 g/mol. The monoisotopic (exact) mass is 1520 g/mol. The van der Waals surface area contributed by atoms with Crippen molar-refractivity contribution in [3.63, 3.8) is 0 Å². The van der Waals surface area contributed by atoms with Gasteiger partial charge in [-0.3, -0.25) is 38.4 Å². The minimum absolute atomic E-state index is 0. The molecule has 6 aromatic heterocycles. The average molecular weight is 1530 g/mol. The first-order chi connectivity index (χ1) is 45.3. The fourth-order valence-corrected chi connectivity index (χ4v) is 12.2. The summed E-state index contributed by atoms with van der Waals surface area (Å²) in [4.78, 5) is 78.0. The number of aliphatic hydroxyl groups is 1. The zero-order valence-corrected chi connectivity index (χ0v) is 62.0. The molecule has 0 radical (unpaired) electrons. The number of nitrogens with two attached hydrogens (primary N) is 3. The average Bonchev–Trinajstić information content (AvgIpc) is 1.59. The quantitative estimate of drug-likeness (QED) is 0.0301. The number of carbonyl (C=O) groups excluding carboxylic acids is 3. The summed E-state index contributed by atoms with van der Waals surface area (Å²) in [7, 11) is -5.06. The smallest absolute Gasteiger partial charge is 1.00 e. The third kappa shape index (κ3) is 21.7. The second kappa shape index (κ2) is 38.5. The van der Waals surface area contributed by atoms with Gasteiger partial charge in [-0.25, -0.2) is 14.0 Å². The molecule has 0 unspecified atom stereocenters. The Hall–Kier alpha value is -7.67. The molecule has 3 aromatic carbocycles. The molecule has 9 heterocycles. The van der Waals surface area contributed by atoms with Gasteiger partial charge in [0.2, 0.25) is 17.7 Å². The van der Waals surface area contributed by atoms with Crippen LogP contribution in [0.3, 0.4) is 0 Å². The fraction of sp³-hybridized carbons (Fsp3) is 0.295. The predicted octanol–water partition coefficient (Wildman–Crippen LogP) is 6.25. The van der Waals surface area contributed by atoms with Crippen LogP contribution in [0.25, 0.3) is 17.8 Å². The van der Waals surface area contributed by atoms with Crippen molar-refractivity contribution in [2.75, 3.05) is 58.3 Å². The molecule has 0 saturated carbocycles. The molecule has 0 saturated heterocycles. The maximum atomic E-state index is 12.9. The molecule has 3 aliphatic heterocycles. The Morgan fingerprint density at radius 2 is 0.887 bits per heavy atom. The van der Waals surface area contributed by atoms with Crippen molar-refractivity contribution in [2.45, 2.75) is 91.6 Å². The van der Waals surface area contributed by atoms with E-state index in [0.29, 0.717) is 104 Å². The van der Waals surface area contributed by atoms with Gasteiger partial charge in [0, 0.05) is 70.7 Å². The summed E-state index contributed by atoms with van der Waals surface area (Å²) in [6.45, 7) is 10.7. The second-order valence-corrected chi connectivity index (χ2v) is 24.0. The molecule has 36 heteroatoms. The van der Waals surface area contributed by atoms with Crippen LogP contribution in [0.1, 0.15) is 86.1 Å². The molecule has 3 amide bonds. The molecule has 12 rings (SSSR count). The summed E-state index contributed by atoms with van der Waals surface area (Å²) in [5.41, 5.74) is 25.7. The molecule has 30 nitrogen and oxygen atoms in total. The van der Waals surface area contributed by atoms with Gasteiger partial charge in [0.15, 0.2) is 0 Å². The molecular formula is C61H73Br2N18NaO12P3-. The first kappa shape index (κ1) is 80.0. The van der Waals surface area contributed by atoms with E-state index < -0.39 is 21.8 Å². The summed E-state index contributed by atoms with van der Waals surface area (Å²) in [6, 6.07) is 28.4. The van der Waals surface area contributed by atoms with Crippen molar-refractivity contribution in [1.82, 2.24) is 59.2 Å². The number of rotatable bonds is 21. The molecule has 0 bridgehead atoms. The largest absolute Gasteiger partial charge is 1.51 e. The summed E-state index contributed by atoms with van der Waals surface area (Å²) in [6.07, 6.45) is 10.7. The molecule has 510 valence electrons. The normalized spacial score (nSPS) is 12.4. The first-order valence-corrected chi connectivity index (χ1v) is 33.3. The molecule has 97 heavy (non-hydrogen) atoms. The Bertz CT molecular complexity index is 4000. The van der Waals surface area contributed by atoms with Crippen molar-refractivity contribution >= 4 is 117 Å². The summed E-state index contributed by atoms with van der Waals surface area (Å²) in [5.74, 6) is 2.35. The number of benzene rings is 3. The van der Waals surface area contributed by atoms with Crippen molar-refractivity contribution in [2.24, 2.45) is 0 Å².